The van der Waals surface area contributed by atoms with E-state index in [0.29, 0.717) is 10.8 Å². The Labute approximate surface area is 117 Å². The second-order valence-electron chi connectivity index (χ2n) is 4.64. The molecule has 0 bridgehead atoms. The Morgan fingerprint density at radius 1 is 1.44 bits per heavy atom. The van der Waals surface area contributed by atoms with Crippen molar-refractivity contribution in [3.8, 4) is 0 Å². The molecule has 3 nitrogen and oxygen atoms in total. The number of carbonyl (C=O) groups is 1. The lowest BCUT2D eigenvalue weighted by Gasteiger charge is -2.33. The molecule has 5 heteroatoms. The van der Waals surface area contributed by atoms with Gasteiger partial charge in [-0.1, -0.05) is 23.7 Å². The highest BCUT2D eigenvalue weighted by Crippen LogP contribution is 2.27. The Morgan fingerprint density at radius 2 is 2.06 bits per heavy atom. The van der Waals surface area contributed by atoms with Gasteiger partial charge < -0.3 is 10.0 Å². The van der Waals surface area contributed by atoms with Crippen LogP contribution in [0.1, 0.15) is 13.8 Å². The largest absolute Gasteiger partial charge is 0.394 e. The first kappa shape index (κ1) is 15.3. The molecule has 1 aromatic carbocycles. The minimum Gasteiger partial charge on any atom is -0.394 e. The molecule has 1 N–H and O–H groups in total. The highest BCUT2D eigenvalue weighted by Gasteiger charge is 2.26. The molecule has 1 aromatic rings. The third kappa shape index (κ3) is 3.90. The van der Waals surface area contributed by atoms with E-state index in [-0.39, 0.29) is 12.5 Å². The minimum atomic E-state index is -0.544. The summed E-state index contributed by atoms with van der Waals surface area (Å²) in [6.07, 6.45) is 0. The number of nitrogens with zero attached hydrogens (tertiary/aromatic N) is 1. The van der Waals surface area contributed by atoms with Crippen LogP contribution < -0.4 is 0 Å². The summed E-state index contributed by atoms with van der Waals surface area (Å²) < 4.78 is 0. The molecule has 0 radical (unpaired) electrons. The standard InChI is InChI=1S/C13H18ClNO2S/c1-13(2,9-16)15(3)12(17)8-18-11-7-5-4-6-10(11)14/h4-7,16H,8-9H2,1-3H3. The SMILES string of the molecule is CN(C(=O)CSc1ccccc1Cl)C(C)(C)CO. The first-order chi connectivity index (χ1) is 8.38. The lowest BCUT2D eigenvalue weighted by Crippen LogP contribution is -2.48. The maximum atomic E-state index is 12.0. The predicted molar refractivity (Wildman–Crippen MR) is 76.1 cm³/mol. The Morgan fingerprint density at radius 3 is 2.61 bits per heavy atom. The summed E-state index contributed by atoms with van der Waals surface area (Å²) in [6, 6.07) is 7.43. The monoisotopic (exact) mass is 287 g/mol. The molecule has 0 heterocycles. The number of likely N-dealkylation sites (N-methyl/N-ethyl adjacent to an activating group) is 1. The van der Waals surface area contributed by atoms with Crippen molar-refractivity contribution in [2.45, 2.75) is 24.3 Å². The van der Waals surface area contributed by atoms with Gasteiger partial charge in [0.2, 0.25) is 5.91 Å². The summed E-state index contributed by atoms with van der Waals surface area (Å²) in [5.74, 6) is 0.280. The second-order valence-corrected chi connectivity index (χ2v) is 6.07. The first-order valence-corrected chi connectivity index (χ1v) is 6.99. The number of hydrogen-bond donors (Lipinski definition) is 1. The van der Waals surface area contributed by atoms with E-state index >= 15 is 0 Å². The molecule has 0 saturated carbocycles. The van der Waals surface area contributed by atoms with Gasteiger partial charge >= 0.3 is 0 Å². The third-order valence-corrected chi connectivity index (χ3v) is 4.36. The number of halogens is 1. The van der Waals surface area contributed by atoms with Crippen LogP contribution in [-0.2, 0) is 4.79 Å². The summed E-state index contributed by atoms with van der Waals surface area (Å²) in [5, 5.41) is 9.87. The highest BCUT2D eigenvalue weighted by molar-refractivity contribution is 8.00. The van der Waals surface area contributed by atoms with E-state index < -0.39 is 5.54 Å². The van der Waals surface area contributed by atoms with Crippen molar-refractivity contribution in [1.82, 2.24) is 4.90 Å². The van der Waals surface area contributed by atoms with E-state index in [2.05, 4.69) is 0 Å². The van der Waals surface area contributed by atoms with Crippen LogP contribution in [0.3, 0.4) is 0 Å². The molecule has 0 unspecified atom stereocenters. The zero-order valence-electron chi connectivity index (χ0n) is 10.8. The minimum absolute atomic E-state index is 0.0287. The zero-order chi connectivity index (χ0) is 13.8. The maximum absolute atomic E-state index is 12.0. The van der Waals surface area contributed by atoms with Crippen LogP contribution in [0, 0.1) is 0 Å². The maximum Gasteiger partial charge on any atom is 0.233 e. The van der Waals surface area contributed by atoms with Crippen LogP contribution >= 0.6 is 23.4 Å². The summed E-state index contributed by atoms with van der Waals surface area (Å²) in [5.41, 5.74) is -0.544. The van der Waals surface area contributed by atoms with Crippen LogP contribution in [0.2, 0.25) is 5.02 Å². The van der Waals surface area contributed by atoms with Gasteiger partial charge in [-0.3, -0.25) is 4.79 Å². The van der Waals surface area contributed by atoms with E-state index in [1.165, 1.54) is 11.8 Å². The molecular weight excluding hydrogens is 270 g/mol. The van der Waals surface area contributed by atoms with Gasteiger partial charge in [0.25, 0.3) is 0 Å². The fourth-order valence-electron chi connectivity index (χ4n) is 1.24. The van der Waals surface area contributed by atoms with Gasteiger partial charge in [-0.15, -0.1) is 11.8 Å². The molecule has 0 spiro atoms. The molecule has 0 fully saturated rings. The summed E-state index contributed by atoms with van der Waals surface area (Å²) in [4.78, 5) is 14.4. The summed E-state index contributed by atoms with van der Waals surface area (Å²) in [6.45, 7) is 3.59. The van der Waals surface area contributed by atoms with Gasteiger partial charge in [0.05, 0.1) is 22.9 Å². The number of thioether (sulfide) groups is 1. The highest BCUT2D eigenvalue weighted by atomic mass is 35.5. The van der Waals surface area contributed by atoms with Crippen LogP contribution in [0.4, 0.5) is 0 Å². The number of carbonyl (C=O) groups excluding carboxylic acids is 1. The fourth-order valence-corrected chi connectivity index (χ4v) is 2.39. The van der Waals surface area contributed by atoms with Gasteiger partial charge in [-0.05, 0) is 26.0 Å². The van der Waals surface area contributed by atoms with E-state index in [4.69, 9.17) is 11.6 Å². The Hall–Kier alpha value is -0.710. The first-order valence-electron chi connectivity index (χ1n) is 5.63. The lowest BCUT2D eigenvalue weighted by molar-refractivity contribution is -0.133. The van der Waals surface area contributed by atoms with Crippen LogP contribution in [-0.4, -0.2) is 40.9 Å². The molecule has 0 aliphatic rings. The Balaban J connectivity index is 2.59. The fraction of sp³-hybridized carbons (Fsp3) is 0.462. The molecule has 0 atom stereocenters. The topological polar surface area (TPSA) is 40.5 Å². The normalized spacial score (nSPS) is 11.4. The van der Waals surface area contributed by atoms with Crippen LogP contribution in [0.25, 0.3) is 0 Å². The number of aliphatic hydroxyl groups excluding tert-OH is 1. The number of rotatable bonds is 5. The van der Waals surface area contributed by atoms with Crippen molar-refractivity contribution in [1.29, 1.82) is 0 Å². The molecule has 0 aliphatic carbocycles. The van der Waals surface area contributed by atoms with Gasteiger partial charge in [0.1, 0.15) is 0 Å². The number of benzene rings is 1. The average Bonchev–Trinajstić information content (AvgIpc) is 2.36. The molecule has 1 amide bonds. The van der Waals surface area contributed by atoms with E-state index in [0.717, 1.165) is 4.90 Å². The predicted octanol–water partition coefficient (Wildman–Crippen LogP) is 2.66. The van der Waals surface area contributed by atoms with Gasteiger partial charge in [0.15, 0.2) is 0 Å². The van der Waals surface area contributed by atoms with Crippen molar-refractivity contribution in [2.24, 2.45) is 0 Å². The molecular formula is C13H18ClNO2S. The lowest BCUT2D eigenvalue weighted by atomic mass is 10.1. The van der Waals surface area contributed by atoms with Gasteiger partial charge in [0, 0.05) is 11.9 Å². The van der Waals surface area contributed by atoms with Crippen LogP contribution in [0.15, 0.2) is 29.2 Å². The third-order valence-electron chi connectivity index (χ3n) is 2.86. The molecule has 0 aromatic heterocycles. The van der Waals surface area contributed by atoms with Crippen LogP contribution in [0.5, 0.6) is 0 Å². The second kappa shape index (κ2) is 6.45. The quantitative estimate of drug-likeness (QED) is 0.847. The zero-order valence-corrected chi connectivity index (χ0v) is 12.4. The molecule has 18 heavy (non-hydrogen) atoms. The Bertz CT molecular complexity index is 423. The summed E-state index contributed by atoms with van der Waals surface area (Å²) >= 11 is 7.42. The molecule has 100 valence electrons. The smallest absolute Gasteiger partial charge is 0.233 e. The van der Waals surface area contributed by atoms with Crippen molar-refractivity contribution in [2.75, 3.05) is 19.4 Å². The van der Waals surface area contributed by atoms with Gasteiger partial charge in [-0.25, -0.2) is 0 Å². The van der Waals surface area contributed by atoms with Crippen molar-refractivity contribution >= 4 is 29.3 Å². The van der Waals surface area contributed by atoms with Crippen molar-refractivity contribution < 1.29 is 9.90 Å². The average molecular weight is 288 g/mol. The number of amides is 1. The van der Waals surface area contributed by atoms with Crippen molar-refractivity contribution in [3.05, 3.63) is 29.3 Å². The van der Waals surface area contributed by atoms with E-state index in [9.17, 15) is 9.90 Å². The molecule has 1 rings (SSSR count). The summed E-state index contributed by atoms with van der Waals surface area (Å²) in [7, 11) is 1.70. The molecule has 0 saturated heterocycles. The number of aliphatic hydroxyl groups is 1. The van der Waals surface area contributed by atoms with Crippen molar-refractivity contribution in [3.63, 3.8) is 0 Å². The molecule has 0 aliphatic heterocycles. The number of hydrogen-bond acceptors (Lipinski definition) is 3. The van der Waals surface area contributed by atoms with E-state index in [1.807, 2.05) is 32.0 Å². The van der Waals surface area contributed by atoms with E-state index in [1.54, 1.807) is 18.0 Å². The Kier molecular flexibility index (Phi) is 5.50. The van der Waals surface area contributed by atoms with Gasteiger partial charge in [-0.2, -0.15) is 0 Å².